The predicted octanol–water partition coefficient (Wildman–Crippen LogP) is 2.19. The molecule has 23 heavy (non-hydrogen) atoms. The monoisotopic (exact) mass is 314 g/mol. The van der Waals surface area contributed by atoms with Gasteiger partial charge in [-0.1, -0.05) is 0 Å². The molecule has 3 rings (SSSR count). The Morgan fingerprint density at radius 2 is 1.65 bits per heavy atom. The second-order valence-corrected chi connectivity index (χ2v) is 5.16. The van der Waals surface area contributed by atoms with Gasteiger partial charge >= 0.3 is 0 Å². The van der Waals surface area contributed by atoms with Gasteiger partial charge in [-0.05, 0) is 48.5 Å². The molecule has 5 nitrogen and oxygen atoms in total. The molecule has 0 radical (unpaired) electrons. The minimum Gasteiger partial charge on any atom is -0.457 e. The molecule has 0 aliphatic carbocycles. The van der Waals surface area contributed by atoms with Gasteiger partial charge in [0.05, 0.1) is 6.54 Å². The van der Waals surface area contributed by atoms with Gasteiger partial charge in [0.25, 0.3) is 5.91 Å². The van der Waals surface area contributed by atoms with Crippen LogP contribution in [0.15, 0.2) is 48.5 Å². The largest absolute Gasteiger partial charge is 0.457 e. The number of nitrogens with one attached hydrogen (secondary N) is 1. The summed E-state index contributed by atoms with van der Waals surface area (Å²) in [5, 5.41) is 2.68. The first-order valence-corrected chi connectivity index (χ1v) is 7.21. The molecule has 1 N–H and O–H groups in total. The SMILES string of the molecule is O=C1CN(C(=O)c2ccc(Oc3ccc(F)cc3)cc2)CCN1. The predicted molar refractivity (Wildman–Crippen MR) is 81.8 cm³/mol. The van der Waals surface area contributed by atoms with Crippen molar-refractivity contribution in [3.8, 4) is 11.5 Å². The Balaban J connectivity index is 1.67. The second kappa shape index (κ2) is 6.48. The highest BCUT2D eigenvalue weighted by Gasteiger charge is 2.22. The molecule has 1 heterocycles. The van der Waals surface area contributed by atoms with E-state index in [1.165, 1.54) is 29.2 Å². The smallest absolute Gasteiger partial charge is 0.254 e. The molecular formula is C17H15FN2O3. The van der Waals surface area contributed by atoms with Crippen molar-refractivity contribution < 1.29 is 18.7 Å². The summed E-state index contributed by atoms with van der Waals surface area (Å²) in [5.41, 5.74) is 0.492. The van der Waals surface area contributed by atoms with E-state index in [1.54, 1.807) is 24.3 Å². The molecule has 0 bridgehead atoms. The summed E-state index contributed by atoms with van der Waals surface area (Å²) in [7, 11) is 0. The van der Waals surface area contributed by atoms with Crippen LogP contribution in [0.1, 0.15) is 10.4 Å². The minimum atomic E-state index is -0.330. The van der Waals surface area contributed by atoms with Gasteiger partial charge in [-0.15, -0.1) is 0 Å². The molecule has 2 aromatic carbocycles. The lowest BCUT2D eigenvalue weighted by atomic mass is 10.1. The number of carbonyl (C=O) groups is 2. The first-order chi connectivity index (χ1) is 11.1. The lowest BCUT2D eigenvalue weighted by Gasteiger charge is -2.26. The van der Waals surface area contributed by atoms with Crippen LogP contribution in [-0.2, 0) is 4.79 Å². The third-order valence-electron chi connectivity index (χ3n) is 3.48. The fraction of sp³-hybridized carbons (Fsp3) is 0.176. The second-order valence-electron chi connectivity index (χ2n) is 5.16. The Morgan fingerprint density at radius 1 is 1.04 bits per heavy atom. The number of benzene rings is 2. The van der Waals surface area contributed by atoms with Crippen molar-refractivity contribution in [3.05, 3.63) is 59.9 Å². The molecule has 1 fully saturated rings. The van der Waals surface area contributed by atoms with Gasteiger partial charge in [0.2, 0.25) is 5.91 Å². The number of carbonyl (C=O) groups excluding carboxylic acids is 2. The topological polar surface area (TPSA) is 58.6 Å². The molecule has 0 saturated carbocycles. The van der Waals surface area contributed by atoms with Crippen LogP contribution in [0.4, 0.5) is 4.39 Å². The molecule has 2 aromatic rings. The fourth-order valence-electron chi connectivity index (χ4n) is 2.30. The van der Waals surface area contributed by atoms with Crippen molar-refractivity contribution in [2.75, 3.05) is 19.6 Å². The summed E-state index contributed by atoms with van der Waals surface area (Å²) in [6, 6.07) is 12.3. The van der Waals surface area contributed by atoms with Gasteiger partial charge < -0.3 is 15.0 Å². The lowest BCUT2D eigenvalue weighted by molar-refractivity contribution is -0.123. The highest BCUT2D eigenvalue weighted by molar-refractivity contribution is 5.97. The zero-order valence-electron chi connectivity index (χ0n) is 12.3. The number of piperazine rings is 1. The van der Waals surface area contributed by atoms with Crippen molar-refractivity contribution >= 4 is 11.8 Å². The molecule has 2 amide bonds. The Labute approximate surface area is 132 Å². The normalized spacial score (nSPS) is 14.3. The first-order valence-electron chi connectivity index (χ1n) is 7.21. The van der Waals surface area contributed by atoms with Gasteiger partial charge in [0.15, 0.2) is 0 Å². The summed E-state index contributed by atoms with van der Waals surface area (Å²) in [4.78, 5) is 25.2. The summed E-state index contributed by atoms with van der Waals surface area (Å²) < 4.78 is 18.4. The van der Waals surface area contributed by atoms with Gasteiger partial charge in [0, 0.05) is 18.7 Å². The molecule has 0 atom stereocenters. The van der Waals surface area contributed by atoms with Crippen LogP contribution in [-0.4, -0.2) is 36.3 Å². The van der Waals surface area contributed by atoms with Crippen molar-refractivity contribution in [1.29, 1.82) is 0 Å². The molecule has 6 heteroatoms. The quantitative estimate of drug-likeness (QED) is 0.945. The third-order valence-corrected chi connectivity index (χ3v) is 3.48. The molecule has 1 aliphatic heterocycles. The minimum absolute atomic E-state index is 0.0761. The maximum atomic E-state index is 12.8. The highest BCUT2D eigenvalue weighted by atomic mass is 19.1. The van der Waals surface area contributed by atoms with Crippen LogP contribution in [0.3, 0.4) is 0 Å². The van der Waals surface area contributed by atoms with E-state index in [9.17, 15) is 14.0 Å². The number of amides is 2. The summed E-state index contributed by atoms with van der Waals surface area (Å²) in [6.07, 6.45) is 0. The average molecular weight is 314 g/mol. The number of rotatable bonds is 3. The van der Waals surface area contributed by atoms with Crippen LogP contribution in [0.25, 0.3) is 0 Å². The van der Waals surface area contributed by atoms with Crippen LogP contribution in [0, 0.1) is 5.82 Å². The van der Waals surface area contributed by atoms with E-state index < -0.39 is 0 Å². The van der Waals surface area contributed by atoms with Crippen LogP contribution in [0.2, 0.25) is 0 Å². The third kappa shape index (κ3) is 3.66. The number of hydrogen-bond donors (Lipinski definition) is 1. The molecule has 0 aromatic heterocycles. The summed E-state index contributed by atoms with van der Waals surface area (Å²) in [6.45, 7) is 1.04. The van der Waals surface area contributed by atoms with Crippen LogP contribution >= 0.6 is 0 Å². The van der Waals surface area contributed by atoms with Crippen molar-refractivity contribution in [1.82, 2.24) is 10.2 Å². The van der Waals surface area contributed by atoms with E-state index in [4.69, 9.17) is 4.74 Å². The van der Waals surface area contributed by atoms with Gasteiger partial charge in [0.1, 0.15) is 17.3 Å². The number of hydrogen-bond acceptors (Lipinski definition) is 3. The Morgan fingerprint density at radius 3 is 2.26 bits per heavy atom. The first kappa shape index (κ1) is 15.0. The van der Waals surface area contributed by atoms with E-state index in [0.29, 0.717) is 30.2 Å². The molecule has 1 saturated heterocycles. The molecule has 1 aliphatic rings. The van der Waals surface area contributed by atoms with Crippen molar-refractivity contribution in [3.63, 3.8) is 0 Å². The fourth-order valence-corrected chi connectivity index (χ4v) is 2.30. The van der Waals surface area contributed by atoms with E-state index in [1.807, 2.05) is 0 Å². The summed E-state index contributed by atoms with van der Waals surface area (Å²) >= 11 is 0. The average Bonchev–Trinajstić information content (AvgIpc) is 2.57. The van der Waals surface area contributed by atoms with E-state index in [0.717, 1.165) is 0 Å². The Kier molecular flexibility index (Phi) is 4.23. The van der Waals surface area contributed by atoms with Crippen LogP contribution in [0.5, 0.6) is 11.5 Å². The zero-order valence-corrected chi connectivity index (χ0v) is 12.3. The Hall–Kier alpha value is -2.89. The van der Waals surface area contributed by atoms with Gasteiger partial charge in [-0.25, -0.2) is 4.39 Å². The number of halogens is 1. The van der Waals surface area contributed by atoms with Crippen molar-refractivity contribution in [2.24, 2.45) is 0 Å². The molecule has 118 valence electrons. The van der Waals surface area contributed by atoms with Gasteiger partial charge in [-0.3, -0.25) is 9.59 Å². The molecular weight excluding hydrogens is 299 g/mol. The number of ether oxygens (including phenoxy) is 1. The zero-order chi connectivity index (χ0) is 16.2. The van der Waals surface area contributed by atoms with E-state index in [2.05, 4.69) is 5.32 Å². The lowest BCUT2D eigenvalue weighted by Crippen LogP contribution is -2.49. The maximum absolute atomic E-state index is 12.8. The summed E-state index contributed by atoms with van der Waals surface area (Å²) in [5.74, 6) is 0.389. The van der Waals surface area contributed by atoms with Gasteiger partial charge in [-0.2, -0.15) is 0 Å². The van der Waals surface area contributed by atoms with Crippen LogP contribution < -0.4 is 10.1 Å². The highest BCUT2D eigenvalue weighted by Crippen LogP contribution is 2.22. The maximum Gasteiger partial charge on any atom is 0.254 e. The van der Waals surface area contributed by atoms with E-state index >= 15 is 0 Å². The molecule has 0 unspecified atom stereocenters. The molecule has 0 spiro atoms. The van der Waals surface area contributed by atoms with E-state index in [-0.39, 0.29) is 24.2 Å². The Bertz CT molecular complexity index is 714. The number of nitrogens with zero attached hydrogens (tertiary/aromatic N) is 1. The standard InChI is InChI=1S/C17H15FN2O3/c18-13-3-7-15(8-4-13)23-14-5-1-12(2-6-14)17(22)20-10-9-19-16(21)11-20/h1-8H,9-11H2,(H,19,21). The van der Waals surface area contributed by atoms with Crippen molar-refractivity contribution in [2.45, 2.75) is 0 Å².